The van der Waals surface area contributed by atoms with Gasteiger partial charge in [0, 0.05) is 13.3 Å². The van der Waals surface area contributed by atoms with Crippen LogP contribution in [0.3, 0.4) is 0 Å². The Morgan fingerprint density at radius 1 is 1.44 bits per heavy atom. The molecular formula is C11H14N2O5. The molecule has 1 heterocycles. The number of nitrogens with one attached hydrogen (secondary N) is 1. The van der Waals surface area contributed by atoms with E-state index in [0.29, 0.717) is 6.61 Å². The van der Waals surface area contributed by atoms with Crippen molar-refractivity contribution in [3.05, 3.63) is 23.9 Å². The minimum atomic E-state index is -1.15. The van der Waals surface area contributed by atoms with Crippen LogP contribution >= 0.6 is 0 Å². The SMILES string of the molecule is COCCOCC(=O)Nc1ncccc1C(=O)O. The van der Waals surface area contributed by atoms with Gasteiger partial charge in [-0.05, 0) is 12.1 Å². The lowest BCUT2D eigenvalue weighted by Gasteiger charge is -2.07. The largest absolute Gasteiger partial charge is 0.478 e. The van der Waals surface area contributed by atoms with Crippen molar-refractivity contribution >= 4 is 17.7 Å². The first-order chi connectivity index (χ1) is 8.65. The number of ether oxygens (including phenoxy) is 2. The maximum atomic E-state index is 11.4. The number of rotatable bonds is 7. The lowest BCUT2D eigenvalue weighted by atomic mass is 10.2. The number of hydrogen-bond acceptors (Lipinski definition) is 5. The topological polar surface area (TPSA) is 97.8 Å². The first kappa shape index (κ1) is 14.1. The number of anilines is 1. The van der Waals surface area contributed by atoms with Gasteiger partial charge in [0.25, 0.3) is 5.91 Å². The molecule has 0 bridgehead atoms. The summed E-state index contributed by atoms with van der Waals surface area (Å²) in [7, 11) is 1.52. The molecule has 0 fully saturated rings. The maximum absolute atomic E-state index is 11.4. The summed E-state index contributed by atoms with van der Waals surface area (Å²) >= 11 is 0. The zero-order chi connectivity index (χ0) is 13.4. The predicted molar refractivity (Wildman–Crippen MR) is 62.5 cm³/mol. The van der Waals surface area contributed by atoms with Crippen molar-refractivity contribution in [3.63, 3.8) is 0 Å². The molecule has 0 unspecified atom stereocenters. The third kappa shape index (κ3) is 4.48. The number of carboxylic acid groups (broad SMARTS) is 1. The van der Waals surface area contributed by atoms with Gasteiger partial charge in [-0.1, -0.05) is 0 Å². The highest BCUT2D eigenvalue weighted by molar-refractivity contribution is 5.99. The molecule has 0 aliphatic heterocycles. The average molecular weight is 254 g/mol. The molecule has 0 atom stereocenters. The van der Waals surface area contributed by atoms with Crippen LogP contribution < -0.4 is 5.32 Å². The van der Waals surface area contributed by atoms with Crippen molar-refractivity contribution in [1.29, 1.82) is 0 Å². The molecule has 1 aromatic rings. The Bertz CT molecular complexity index is 422. The fourth-order valence-electron chi connectivity index (χ4n) is 1.15. The van der Waals surface area contributed by atoms with Crippen molar-refractivity contribution < 1.29 is 24.2 Å². The average Bonchev–Trinajstić information content (AvgIpc) is 2.35. The summed E-state index contributed by atoms with van der Waals surface area (Å²) < 4.78 is 9.74. The Morgan fingerprint density at radius 3 is 2.89 bits per heavy atom. The number of carbonyl (C=O) groups excluding carboxylic acids is 1. The summed E-state index contributed by atoms with van der Waals surface area (Å²) in [6.45, 7) is 0.494. The van der Waals surface area contributed by atoms with Crippen LogP contribution in [0.4, 0.5) is 5.82 Å². The van der Waals surface area contributed by atoms with E-state index in [0.717, 1.165) is 0 Å². The molecule has 0 radical (unpaired) electrons. The van der Waals surface area contributed by atoms with Crippen molar-refractivity contribution in [2.45, 2.75) is 0 Å². The fourth-order valence-corrected chi connectivity index (χ4v) is 1.15. The molecule has 1 aromatic heterocycles. The number of aromatic nitrogens is 1. The van der Waals surface area contributed by atoms with Gasteiger partial charge in [-0.2, -0.15) is 0 Å². The molecule has 18 heavy (non-hydrogen) atoms. The summed E-state index contributed by atoms with van der Waals surface area (Å²) in [6.07, 6.45) is 1.40. The third-order valence-corrected chi connectivity index (χ3v) is 1.96. The highest BCUT2D eigenvalue weighted by Gasteiger charge is 2.12. The lowest BCUT2D eigenvalue weighted by molar-refractivity contribution is -0.121. The zero-order valence-corrected chi connectivity index (χ0v) is 9.88. The number of nitrogens with zero attached hydrogens (tertiary/aromatic N) is 1. The van der Waals surface area contributed by atoms with Gasteiger partial charge in [0.05, 0.1) is 13.2 Å². The van der Waals surface area contributed by atoms with Crippen LogP contribution in [0.25, 0.3) is 0 Å². The molecule has 0 aliphatic carbocycles. The Morgan fingerprint density at radius 2 is 2.22 bits per heavy atom. The van der Waals surface area contributed by atoms with Crippen molar-refractivity contribution in [3.8, 4) is 0 Å². The van der Waals surface area contributed by atoms with E-state index in [-0.39, 0.29) is 24.6 Å². The van der Waals surface area contributed by atoms with Crippen LogP contribution in [-0.4, -0.2) is 48.9 Å². The molecule has 1 amide bonds. The molecule has 0 saturated carbocycles. The van der Waals surface area contributed by atoms with Gasteiger partial charge in [-0.25, -0.2) is 9.78 Å². The number of methoxy groups -OCH3 is 1. The van der Waals surface area contributed by atoms with E-state index in [9.17, 15) is 9.59 Å². The van der Waals surface area contributed by atoms with E-state index in [1.165, 1.54) is 25.4 Å². The van der Waals surface area contributed by atoms with Crippen molar-refractivity contribution in [2.75, 3.05) is 32.2 Å². The molecule has 98 valence electrons. The first-order valence-electron chi connectivity index (χ1n) is 5.20. The summed E-state index contributed by atoms with van der Waals surface area (Å²) in [5.41, 5.74) is -0.0669. The highest BCUT2D eigenvalue weighted by Crippen LogP contribution is 2.10. The second-order valence-electron chi connectivity index (χ2n) is 3.30. The molecule has 2 N–H and O–H groups in total. The lowest BCUT2D eigenvalue weighted by Crippen LogP contribution is -2.21. The minimum absolute atomic E-state index is 0.00495. The fraction of sp³-hybridized carbons (Fsp3) is 0.364. The van der Waals surface area contributed by atoms with Gasteiger partial charge in [0.1, 0.15) is 18.0 Å². The number of hydrogen-bond donors (Lipinski definition) is 2. The zero-order valence-electron chi connectivity index (χ0n) is 9.88. The third-order valence-electron chi connectivity index (χ3n) is 1.96. The van der Waals surface area contributed by atoms with E-state index in [1.54, 1.807) is 0 Å². The van der Waals surface area contributed by atoms with Crippen LogP contribution in [0.1, 0.15) is 10.4 Å². The van der Waals surface area contributed by atoms with E-state index in [1.807, 2.05) is 0 Å². The predicted octanol–water partition coefficient (Wildman–Crippen LogP) is 0.381. The smallest absolute Gasteiger partial charge is 0.339 e. The van der Waals surface area contributed by atoms with Gasteiger partial charge < -0.3 is 19.9 Å². The second-order valence-corrected chi connectivity index (χ2v) is 3.30. The van der Waals surface area contributed by atoms with E-state index in [4.69, 9.17) is 14.6 Å². The first-order valence-corrected chi connectivity index (χ1v) is 5.20. The normalized spacial score (nSPS) is 10.1. The molecule has 1 rings (SSSR count). The van der Waals surface area contributed by atoms with Crippen LogP contribution in [0.5, 0.6) is 0 Å². The van der Waals surface area contributed by atoms with Gasteiger partial charge in [-0.3, -0.25) is 4.79 Å². The van der Waals surface area contributed by atoms with E-state index >= 15 is 0 Å². The minimum Gasteiger partial charge on any atom is -0.478 e. The van der Waals surface area contributed by atoms with Gasteiger partial charge in [0.2, 0.25) is 0 Å². The number of carboxylic acids is 1. The summed E-state index contributed by atoms with van der Waals surface area (Å²) in [5.74, 6) is -1.61. The summed E-state index contributed by atoms with van der Waals surface area (Å²) in [5, 5.41) is 11.3. The second kappa shape index (κ2) is 7.36. The van der Waals surface area contributed by atoms with E-state index in [2.05, 4.69) is 10.3 Å². The number of aromatic carboxylic acids is 1. The highest BCUT2D eigenvalue weighted by atomic mass is 16.5. The Balaban J connectivity index is 2.51. The van der Waals surface area contributed by atoms with Crippen LogP contribution in [0.15, 0.2) is 18.3 Å². The molecule has 7 heteroatoms. The van der Waals surface area contributed by atoms with E-state index < -0.39 is 11.9 Å². The quantitative estimate of drug-likeness (QED) is 0.683. The van der Waals surface area contributed by atoms with Crippen LogP contribution in [0.2, 0.25) is 0 Å². The molecule has 0 aromatic carbocycles. The number of amides is 1. The van der Waals surface area contributed by atoms with Gasteiger partial charge >= 0.3 is 5.97 Å². The maximum Gasteiger partial charge on any atom is 0.339 e. The summed E-state index contributed by atoms with van der Waals surface area (Å²) in [4.78, 5) is 26.1. The molecular weight excluding hydrogens is 240 g/mol. The molecule has 0 aliphatic rings. The Hall–Kier alpha value is -1.99. The molecule has 0 saturated heterocycles. The van der Waals surface area contributed by atoms with Crippen molar-refractivity contribution in [1.82, 2.24) is 4.98 Å². The van der Waals surface area contributed by atoms with Gasteiger partial charge in [0.15, 0.2) is 0 Å². The van der Waals surface area contributed by atoms with Crippen LogP contribution in [-0.2, 0) is 14.3 Å². The monoisotopic (exact) mass is 254 g/mol. The number of carbonyl (C=O) groups is 2. The molecule has 7 nitrogen and oxygen atoms in total. The van der Waals surface area contributed by atoms with Crippen LogP contribution in [0, 0.1) is 0 Å². The Kier molecular flexibility index (Phi) is 5.75. The molecule has 0 spiro atoms. The number of pyridine rings is 1. The van der Waals surface area contributed by atoms with Gasteiger partial charge in [-0.15, -0.1) is 0 Å². The Labute approximate surface area is 104 Å². The summed E-state index contributed by atoms with van der Waals surface area (Å²) in [6, 6.07) is 2.84. The standard InChI is InChI=1S/C11H14N2O5/c1-17-5-6-18-7-9(14)13-10-8(11(15)16)3-2-4-12-10/h2-4H,5-7H2,1H3,(H,15,16)(H,12,13,14). The van der Waals surface area contributed by atoms with Crippen molar-refractivity contribution in [2.24, 2.45) is 0 Å².